The summed E-state index contributed by atoms with van der Waals surface area (Å²) in [5.41, 5.74) is 0.861. The maximum atomic E-state index is 5.47. The molecule has 0 aromatic carbocycles. The molecule has 4 rings (SSSR count). The fourth-order valence-corrected chi connectivity index (χ4v) is 2.51. The van der Waals surface area contributed by atoms with E-state index in [-0.39, 0.29) is 0 Å². The predicted molar refractivity (Wildman–Crippen MR) is 74.2 cm³/mol. The van der Waals surface area contributed by atoms with Crippen LogP contribution in [0.25, 0.3) is 11.0 Å². The van der Waals surface area contributed by atoms with Crippen LogP contribution in [0.5, 0.6) is 0 Å². The van der Waals surface area contributed by atoms with Gasteiger partial charge in [0.05, 0.1) is 24.4 Å². The lowest BCUT2D eigenvalue weighted by Gasteiger charge is -2.22. The summed E-state index contributed by atoms with van der Waals surface area (Å²) >= 11 is 0. The van der Waals surface area contributed by atoms with Crippen molar-refractivity contribution >= 4 is 16.9 Å². The van der Waals surface area contributed by atoms with Crippen molar-refractivity contribution in [2.24, 2.45) is 7.05 Å². The van der Waals surface area contributed by atoms with Gasteiger partial charge in [-0.05, 0) is 25.0 Å². The highest BCUT2D eigenvalue weighted by molar-refractivity contribution is 5.86. The molecular weight excluding hydrogens is 254 g/mol. The summed E-state index contributed by atoms with van der Waals surface area (Å²) in [6, 6.07) is 4.45. The van der Waals surface area contributed by atoms with Crippen molar-refractivity contribution in [3.8, 4) is 0 Å². The highest BCUT2D eigenvalue weighted by atomic mass is 16.3. The van der Waals surface area contributed by atoms with Crippen LogP contribution in [0.3, 0.4) is 0 Å². The molecule has 0 atom stereocenters. The molecule has 0 radical (unpaired) electrons. The Kier molecular flexibility index (Phi) is 2.48. The lowest BCUT2D eigenvalue weighted by molar-refractivity contribution is 0.500. The Labute approximate surface area is 116 Å². The van der Waals surface area contributed by atoms with E-state index in [0.29, 0.717) is 6.04 Å². The Balaban J connectivity index is 1.78. The molecular formula is C14H15N5O. The van der Waals surface area contributed by atoms with Gasteiger partial charge in [0.15, 0.2) is 5.65 Å². The molecule has 0 amide bonds. The number of nitrogens with zero attached hydrogens (tertiary/aromatic N) is 5. The second-order valence-electron chi connectivity index (χ2n) is 5.14. The van der Waals surface area contributed by atoms with Crippen LogP contribution in [0.15, 0.2) is 35.3 Å². The Bertz CT molecular complexity index is 729. The molecule has 0 unspecified atom stereocenters. The van der Waals surface area contributed by atoms with Crippen molar-refractivity contribution in [3.63, 3.8) is 0 Å². The number of aryl methyl sites for hydroxylation is 1. The summed E-state index contributed by atoms with van der Waals surface area (Å²) in [7, 11) is 1.90. The zero-order valence-electron chi connectivity index (χ0n) is 11.2. The number of aromatic nitrogens is 4. The van der Waals surface area contributed by atoms with Gasteiger partial charge >= 0.3 is 0 Å². The molecule has 0 saturated heterocycles. The topological polar surface area (TPSA) is 60.0 Å². The third-order valence-electron chi connectivity index (χ3n) is 3.67. The van der Waals surface area contributed by atoms with Crippen LogP contribution in [0.2, 0.25) is 0 Å². The summed E-state index contributed by atoms with van der Waals surface area (Å²) in [6.45, 7) is 0.735. The van der Waals surface area contributed by atoms with Gasteiger partial charge in [-0.2, -0.15) is 5.10 Å². The fourth-order valence-electron chi connectivity index (χ4n) is 2.51. The highest BCUT2D eigenvalue weighted by Gasteiger charge is 2.32. The minimum atomic E-state index is 0.540. The molecule has 3 aromatic rings. The van der Waals surface area contributed by atoms with E-state index in [1.165, 1.54) is 12.8 Å². The second kappa shape index (κ2) is 4.33. The first kappa shape index (κ1) is 11.5. The minimum absolute atomic E-state index is 0.540. The summed E-state index contributed by atoms with van der Waals surface area (Å²) in [5.74, 6) is 1.90. The average molecular weight is 269 g/mol. The van der Waals surface area contributed by atoms with Gasteiger partial charge in [-0.3, -0.25) is 4.68 Å². The Morgan fingerprint density at radius 2 is 2.30 bits per heavy atom. The molecule has 6 heteroatoms. The minimum Gasteiger partial charge on any atom is -0.467 e. The standard InChI is InChI=1S/C14H15N5O/c1-18-13-12(7-17-18)14(16-9-15-13)19(10-4-5-10)8-11-3-2-6-20-11/h2-3,6-7,9-10H,4-5,8H2,1H3. The molecule has 3 aromatic heterocycles. The van der Waals surface area contributed by atoms with Gasteiger partial charge in [0, 0.05) is 13.1 Å². The third kappa shape index (κ3) is 1.84. The predicted octanol–water partition coefficient (Wildman–Crippen LogP) is 2.13. The van der Waals surface area contributed by atoms with Crippen LogP contribution >= 0.6 is 0 Å². The van der Waals surface area contributed by atoms with Crippen molar-refractivity contribution in [2.45, 2.75) is 25.4 Å². The number of rotatable bonds is 4. The van der Waals surface area contributed by atoms with Gasteiger partial charge in [0.2, 0.25) is 0 Å². The van der Waals surface area contributed by atoms with Gasteiger partial charge in [-0.25, -0.2) is 9.97 Å². The normalized spacial score (nSPS) is 14.8. The Morgan fingerprint density at radius 1 is 1.40 bits per heavy atom. The SMILES string of the molecule is Cn1ncc2c(N(Cc3ccco3)C3CC3)ncnc21. The lowest BCUT2D eigenvalue weighted by atomic mass is 10.3. The number of furan rings is 1. The van der Waals surface area contributed by atoms with Gasteiger partial charge < -0.3 is 9.32 Å². The maximum absolute atomic E-state index is 5.47. The smallest absolute Gasteiger partial charge is 0.163 e. The second-order valence-corrected chi connectivity index (χ2v) is 5.14. The van der Waals surface area contributed by atoms with Crippen LogP contribution in [0.4, 0.5) is 5.82 Å². The first-order valence-corrected chi connectivity index (χ1v) is 6.74. The summed E-state index contributed by atoms with van der Waals surface area (Å²) in [6.07, 6.45) is 7.55. The molecule has 102 valence electrons. The van der Waals surface area contributed by atoms with E-state index in [1.807, 2.05) is 25.4 Å². The fraction of sp³-hybridized carbons (Fsp3) is 0.357. The molecule has 0 N–H and O–H groups in total. The molecule has 1 aliphatic carbocycles. The van der Waals surface area contributed by atoms with E-state index in [4.69, 9.17) is 4.42 Å². The Morgan fingerprint density at radius 3 is 3.05 bits per heavy atom. The van der Waals surface area contributed by atoms with Gasteiger partial charge in [0.1, 0.15) is 17.9 Å². The largest absolute Gasteiger partial charge is 0.467 e. The van der Waals surface area contributed by atoms with Gasteiger partial charge in [-0.1, -0.05) is 0 Å². The molecule has 20 heavy (non-hydrogen) atoms. The third-order valence-corrected chi connectivity index (χ3v) is 3.67. The Hall–Kier alpha value is -2.37. The van der Waals surface area contributed by atoms with Crippen LogP contribution < -0.4 is 4.90 Å². The monoisotopic (exact) mass is 269 g/mol. The molecule has 6 nitrogen and oxygen atoms in total. The van der Waals surface area contributed by atoms with Crippen LogP contribution in [0.1, 0.15) is 18.6 Å². The van der Waals surface area contributed by atoms with Crippen molar-refractivity contribution < 1.29 is 4.42 Å². The van der Waals surface area contributed by atoms with E-state index in [2.05, 4.69) is 20.0 Å². The van der Waals surface area contributed by atoms with E-state index < -0.39 is 0 Å². The number of hydrogen-bond acceptors (Lipinski definition) is 5. The van der Waals surface area contributed by atoms with E-state index >= 15 is 0 Å². The zero-order valence-corrected chi connectivity index (χ0v) is 11.2. The molecule has 0 aliphatic heterocycles. The first-order valence-electron chi connectivity index (χ1n) is 6.74. The van der Waals surface area contributed by atoms with Crippen molar-refractivity contribution in [2.75, 3.05) is 4.90 Å². The molecule has 1 saturated carbocycles. The average Bonchev–Trinajstić information content (AvgIpc) is 3.04. The quantitative estimate of drug-likeness (QED) is 0.726. The molecule has 1 aliphatic rings. The number of anilines is 1. The number of hydrogen-bond donors (Lipinski definition) is 0. The van der Waals surface area contributed by atoms with Gasteiger partial charge in [-0.15, -0.1) is 0 Å². The van der Waals surface area contributed by atoms with Crippen molar-refractivity contribution in [1.29, 1.82) is 0 Å². The molecule has 1 fully saturated rings. The summed E-state index contributed by atoms with van der Waals surface area (Å²) < 4.78 is 7.25. The lowest BCUT2D eigenvalue weighted by Crippen LogP contribution is -2.26. The van der Waals surface area contributed by atoms with Crippen molar-refractivity contribution in [3.05, 3.63) is 36.7 Å². The summed E-state index contributed by atoms with van der Waals surface area (Å²) in [5, 5.41) is 5.27. The maximum Gasteiger partial charge on any atom is 0.163 e. The van der Waals surface area contributed by atoms with Crippen LogP contribution in [-0.4, -0.2) is 25.8 Å². The number of fused-ring (bicyclic) bond motifs is 1. The van der Waals surface area contributed by atoms with E-state index in [1.54, 1.807) is 17.3 Å². The first-order chi connectivity index (χ1) is 9.83. The molecule has 0 bridgehead atoms. The highest BCUT2D eigenvalue weighted by Crippen LogP contribution is 2.34. The van der Waals surface area contributed by atoms with Crippen LogP contribution in [-0.2, 0) is 13.6 Å². The van der Waals surface area contributed by atoms with Gasteiger partial charge in [0.25, 0.3) is 0 Å². The molecule has 0 spiro atoms. The zero-order chi connectivity index (χ0) is 13.5. The molecule has 3 heterocycles. The van der Waals surface area contributed by atoms with Crippen molar-refractivity contribution in [1.82, 2.24) is 19.7 Å². The van der Waals surface area contributed by atoms with Crippen LogP contribution in [0, 0.1) is 0 Å². The summed E-state index contributed by atoms with van der Waals surface area (Å²) in [4.78, 5) is 11.1. The van der Waals surface area contributed by atoms with E-state index in [0.717, 1.165) is 29.2 Å². The van der Waals surface area contributed by atoms with E-state index in [9.17, 15) is 0 Å².